The molecule has 3 aromatic carbocycles. The zero-order chi connectivity index (χ0) is 19.9. The molecule has 0 saturated heterocycles. The van der Waals surface area contributed by atoms with Crippen molar-refractivity contribution in [1.82, 2.24) is 9.97 Å². The number of benzene rings is 3. The van der Waals surface area contributed by atoms with E-state index < -0.39 is 17.6 Å². The number of alkyl halides is 3. The molecule has 0 spiro atoms. The van der Waals surface area contributed by atoms with E-state index in [2.05, 4.69) is 9.97 Å². The zero-order valence-corrected chi connectivity index (χ0v) is 15.0. The highest BCUT2D eigenvalue weighted by atomic mass is 35.5. The van der Waals surface area contributed by atoms with Crippen LogP contribution in [0, 0.1) is 0 Å². The number of hydrogen-bond acceptors (Lipinski definition) is 3. The summed E-state index contributed by atoms with van der Waals surface area (Å²) < 4.78 is 40.7. The molecule has 140 valence electrons. The maximum absolute atomic E-state index is 13.6. The van der Waals surface area contributed by atoms with E-state index in [1.807, 2.05) is 12.1 Å². The Balaban J connectivity index is 1.93. The van der Waals surface area contributed by atoms with Crippen molar-refractivity contribution in [3.05, 3.63) is 82.6 Å². The summed E-state index contributed by atoms with van der Waals surface area (Å²) in [4.78, 5) is 7.92. The van der Waals surface area contributed by atoms with E-state index in [1.54, 1.807) is 24.3 Å². The Labute approximate surface area is 162 Å². The molecule has 1 N–H and O–H groups in total. The predicted molar refractivity (Wildman–Crippen MR) is 104 cm³/mol. The van der Waals surface area contributed by atoms with E-state index in [1.165, 1.54) is 24.3 Å². The van der Waals surface area contributed by atoms with Gasteiger partial charge in [0, 0.05) is 16.7 Å². The topological polar surface area (TPSA) is 46.0 Å². The number of aliphatic hydroxyl groups is 1. The molecule has 1 heterocycles. The summed E-state index contributed by atoms with van der Waals surface area (Å²) in [5, 5.41) is 12.3. The summed E-state index contributed by atoms with van der Waals surface area (Å²) in [6.07, 6.45) is -3.76. The van der Waals surface area contributed by atoms with Gasteiger partial charge in [-0.2, -0.15) is 13.2 Å². The van der Waals surface area contributed by atoms with Crippen LogP contribution in [0.3, 0.4) is 0 Å². The third-order valence-electron chi connectivity index (χ3n) is 4.24. The lowest BCUT2D eigenvalue weighted by molar-refractivity contribution is -0.141. The number of rotatable bonds is 2. The van der Waals surface area contributed by atoms with Crippen molar-refractivity contribution in [1.29, 1.82) is 0 Å². The van der Waals surface area contributed by atoms with Crippen LogP contribution in [0.2, 0.25) is 5.02 Å². The molecule has 0 aliphatic carbocycles. The van der Waals surface area contributed by atoms with Crippen LogP contribution in [-0.2, 0) is 6.18 Å². The van der Waals surface area contributed by atoms with E-state index in [0.29, 0.717) is 16.1 Å². The molecule has 0 aliphatic heterocycles. The SMILES string of the molecule is O/C(=C\c1nc2cc3ccccc3cc2nc1C(F)(F)F)c1ccc(Cl)cc1. The highest BCUT2D eigenvalue weighted by molar-refractivity contribution is 6.30. The zero-order valence-electron chi connectivity index (χ0n) is 14.2. The largest absolute Gasteiger partial charge is 0.507 e. The predicted octanol–water partition coefficient (Wildman–Crippen LogP) is 6.51. The Bertz CT molecular complexity index is 1220. The van der Waals surface area contributed by atoms with Crippen molar-refractivity contribution in [2.75, 3.05) is 0 Å². The van der Waals surface area contributed by atoms with Crippen molar-refractivity contribution in [3.8, 4) is 0 Å². The van der Waals surface area contributed by atoms with Gasteiger partial charge < -0.3 is 5.11 Å². The molecule has 28 heavy (non-hydrogen) atoms. The minimum absolute atomic E-state index is 0.133. The van der Waals surface area contributed by atoms with Crippen LogP contribution in [0.25, 0.3) is 33.6 Å². The van der Waals surface area contributed by atoms with Gasteiger partial charge in [0.25, 0.3) is 0 Å². The summed E-state index contributed by atoms with van der Waals surface area (Å²) >= 11 is 5.80. The first-order valence-electron chi connectivity index (χ1n) is 8.25. The molecule has 0 fully saturated rings. The fraction of sp³-hybridized carbons (Fsp3) is 0.0476. The molecule has 0 unspecified atom stereocenters. The van der Waals surface area contributed by atoms with Gasteiger partial charge in [0.05, 0.1) is 16.7 Å². The first-order valence-corrected chi connectivity index (χ1v) is 8.63. The van der Waals surface area contributed by atoms with Crippen LogP contribution in [0.1, 0.15) is 17.0 Å². The number of aromatic nitrogens is 2. The Hall–Kier alpha value is -3.12. The number of aliphatic hydroxyl groups excluding tert-OH is 1. The highest BCUT2D eigenvalue weighted by Crippen LogP contribution is 2.33. The first kappa shape index (κ1) is 18.3. The number of halogens is 4. The van der Waals surface area contributed by atoms with Crippen LogP contribution in [0.5, 0.6) is 0 Å². The lowest BCUT2D eigenvalue weighted by atomic mass is 10.1. The van der Waals surface area contributed by atoms with E-state index >= 15 is 0 Å². The summed E-state index contributed by atoms with van der Waals surface area (Å²) in [7, 11) is 0. The van der Waals surface area contributed by atoms with E-state index in [-0.39, 0.29) is 11.3 Å². The van der Waals surface area contributed by atoms with Crippen LogP contribution >= 0.6 is 11.6 Å². The Kier molecular flexibility index (Phi) is 4.43. The standard InChI is InChI=1S/C21H12ClF3N2O/c22-15-7-5-12(6-8-15)19(28)11-18-20(21(23,24)25)27-17-10-14-4-2-1-3-13(14)9-16(17)26-18/h1-11,28H/b19-11-. The molecule has 1 aromatic heterocycles. The molecule has 0 saturated carbocycles. The second-order valence-electron chi connectivity index (χ2n) is 6.18. The molecule has 7 heteroatoms. The summed E-state index contributed by atoms with van der Waals surface area (Å²) in [5.41, 5.74) is -0.854. The summed E-state index contributed by atoms with van der Waals surface area (Å²) in [6.45, 7) is 0. The summed E-state index contributed by atoms with van der Waals surface area (Å²) in [5.74, 6) is -0.364. The smallest absolute Gasteiger partial charge is 0.435 e. The van der Waals surface area contributed by atoms with Gasteiger partial charge in [0.1, 0.15) is 5.76 Å². The number of hydrogen-bond donors (Lipinski definition) is 1. The van der Waals surface area contributed by atoms with Gasteiger partial charge in [-0.3, -0.25) is 0 Å². The van der Waals surface area contributed by atoms with Crippen LogP contribution in [0.4, 0.5) is 13.2 Å². The fourth-order valence-corrected chi connectivity index (χ4v) is 3.02. The van der Waals surface area contributed by atoms with Crippen LogP contribution in [-0.4, -0.2) is 15.1 Å². The Morgan fingerprint density at radius 1 is 0.893 bits per heavy atom. The van der Waals surface area contributed by atoms with Crippen LogP contribution in [0.15, 0.2) is 60.7 Å². The third-order valence-corrected chi connectivity index (χ3v) is 4.49. The van der Waals surface area contributed by atoms with Crippen molar-refractivity contribution >= 4 is 45.2 Å². The molecule has 0 atom stereocenters. The molecule has 0 bridgehead atoms. The Morgan fingerprint density at radius 2 is 1.46 bits per heavy atom. The van der Waals surface area contributed by atoms with Crippen molar-refractivity contribution < 1.29 is 18.3 Å². The second kappa shape index (κ2) is 6.80. The first-order chi connectivity index (χ1) is 13.3. The minimum atomic E-state index is -4.72. The monoisotopic (exact) mass is 400 g/mol. The van der Waals surface area contributed by atoms with Crippen molar-refractivity contribution in [2.45, 2.75) is 6.18 Å². The normalized spacial score (nSPS) is 12.6. The number of nitrogens with zero attached hydrogens (tertiary/aromatic N) is 2. The highest BCUT2D eigenvalue weighted by Gasteiger charge is 2.36. The fourth-order valence-electron chi connectivity index (χ4n) is 2.90. The minimum Gasteiger partial charge on any atom is -0.507 e. The van der Waals surface area contributed by atoms with E-state index in [4.69, 9.17) is 11.6 Å². The molecule has 3 nitrogen and oxygen atoms in total. The molecule has 4 aromatic rings. The quantitative estimate of drug-likeness (QED) is 0.308. The van der Waals surface area contributed by atoms with Gasteiger partial charge in [-0.25, -0.2) is 9.97 Å². The van der Waals surface area contributed by atoms with Gasteiger partial charge in [-0.05, 0) is 47.2 Å². The molecule has 0 aliphatic rings. The van der Waals surface area contributed by atoms with Gasteiger partial charge in [-0.1, -0.05) is 35.9 Å². The average Bonchev–Trinajstić information content (AvgIpc) is 2.65. The molecular weight excluding hydrogens is 389 g/mol. The van der Waals surface area contributed by atoms with Gasteiger partial charge >= 0.3 is 6.18 Å². The molecular formula is C21H12ClF3N2O. The molecule has 0 radical (unpaired) electrons. The third kappa shape index (κ3) is 3.51. The van der Waals surface area contributed by atoms with Gasteiger partial charge in [0.15, 0.2) is 5.69 Å². The lowest BCUT2D eigenvalue weighted by Gasteiger charge is -2.11. The molecule has 0 amide bonds. The van der Waals surface area contributed by atoms with Crippen molar-refractivity contribution in [3.63, 3.8) is 0 Å². The number of fused-ring (bicyclic) bond motifs is 2. The maximum Gasteiger partial charge on any atom is 0.435 e. The maximum atomic E-state index is 13.6. The van der Waals surface area contributed by atoms with E-state index in [9.17, 15) is 18.3 Å². The average molecular weight is 401 g/mol. The molecule has 4 rings (SSSR count). The van der Waals surface area contributed by atoms with Gasteiger partial charge in [-0.15, -0.1) is 0 Å². The second-order valence-corrected chi connectivity index (χ2v) is 6.62. The van der Waals surface area contributed by atoms with Crippen molar-refractivity contribution in [2.24, 2.45) is 0 Å². The van der Waals surface area contributed by atoms with Gasteiger partial charge in [0.2, 0.25) is 0 Å². The Morgan fingerprint density at radius 3 is 2.04 bits per heavy atom. The lowest BCUT2D eigenvalue weighted by Crippen LogP contribution is -2.12. The van der Waals surface area contributed by atoms with E-state index in [0.717, 1.165) is 16.8 Å². The summed E-state index contributed by atoms with van der Waals surface area (Å²) in [6, 6.07) is 16.6. The van der Waals surface area contributed by atoms with Crippen LogP contribution < -0.4 is 0 Å².